The van der Waals surface area contributed by atoms with Crippen molar-refractivity contribution in [2.75, 3.05) is 7.05 Å². The minimum Gasteiger partial charge on any atom is -0.450 e. The second-order valence-corrected chi connectivity index (χ2v) is 5.06. The van der Waals surface area contributed by atoms with E-state index in [0.717, 1.165) is 12.1 Å². The molecule has 0 amide bonds. The van der Waals surface area contributed by atoms with Gasteiger partial charge in [-0.15, -0.1) is 0 Å². The normalized spacial score (nSPS) is 10.3. The van der Waals surface area contributed by atoms with Crippen LogP contribution in [0.5, 0.6) is 11.5 Å². The van der Waals surface area contributed by atoms with Gasteiger partial charge in [0.2, 0.25) is 5.75 Å². The lowest BCUT2D eigenvalue weighted by atomic mass is 10.2. The van der Waals surface area contributed by atoms with Crippen LogP contribution < -0.4 is 10.1 Å². The van der Waals surface area contributed by atoms with Crippen LogP contribution in [0.4, 0.5) is 5.69 Å². The number of rotatable bonds is 5. The minimum absolute atomic E-state index is 0.0707. The maximum absolute atomic E-state index is 11.0. The molecule has 0 aliphatic rings. The smallest absolute Gasteiger partial charge is 0.312 e. The van der Waals surface area contributed by atoms with E-state index in [1.54, 1.807) is 24.3 Å². The van der Waals surface area contributed by atoms with E-state index in [2.05, 4.69) is 21.2 Å². The van der Waals surface area contributed by atoms with E-state index in [1.165, 1.54) is 6.07 Å². The Hall–Kier alpha value is -1.92. The first-order chi connectivity index (χ1) is 9.60. The van der Waals surface area contributed by atoms with Crippen LogP contribution in [0.15, 0.2) is 46.9 Å². The van der Waals surface area contributed by atoms with Crippen LogP contribution in [0.1, 0.15) is 5.56 Å². The molecule has 0 atom stereocenters. The summed E-state index contributed by atoms with van der Waals surface area (Å²) in [6.45, 7) is 0.763. The number of halogens is 1. The number of hydrogen-bond donors (Lipinski definition) is 1. The van der Waals surface area contributed by atoms with E-state index in [9.17, 15) is 10.1 Å². The predicted octanol–water partition coefficient (Wildman–Crippen LogP) is 3.87. The zero-order valence-electron chi connectivity index (χ0n) is 10.8. The molecule has 2 aromatic rings. The third-order valence-electron chi connectivity index (χ3n) is 2.65. The molecule has 0 fully saturated rings. The highest BCUT2D eigenvalue weighted by Crippen LogP contribution is 2.33. The van der Waals surface area contributed by atoms with Gasteiger partial charge >= 0.3 is 5.69 Å². The van der Waals surface area contributed by atoms with E-state index in [0.29, 0.717) is 10.2 Å². The molecule has 6 heteroatoms. The average Bonchev–Trinajstić information content (AvgIpc) is 2.43. The van der Waals surface area contributed by atoms with Crippen molar-refractivity contribution in [1.82, 2.24) is 5.32 Å². The summed E-state index contributed by atoms with van der Waals surface area (Å²) in [6, 6.07) is 12.1. The van der Waals surface area contributed by atoms with Crippen LogP contribution in [-0.2, 0) is 6.54 Å². The molecule has 1 N–H and O–H groups in total. The number of ether oxygens (including phenoxy) is 1. The molecule has 0 heterocycles. The van der Waals surface area contributed by atoms with Crippen molar-refractivity contribution in [3.8, 4) is 11.5 Å². The van der Waals surface area contributed by atoms with Gasteiger partial charge in [-0.3, -0.25) is 10.1 Å². The van der Waals surface area contributed by atoms with Crippen LogP contribution >= 0.6 is 15.9 Å². The average molecular weight is 337 g/mol. The van der Waals surface area contributed by atoms with Crippen molar-refractivity contribution < 1.29 is 9.66 Å². The van der Waals surface area contributed by atoms with Crippen LogP contribution in [0.25, 0.3) is 0 Å². The zero-order chi connectivity index (χ0) is 14.5. The van der Waals surface area contributed by atoms with Gasteiger partial charge in [0.25, 0.3) is 0 Å². The summed E-state index contributed by atoms with van der Waals surface area (Å²) >= 11 is 3.21. The van der Waals surface area contributed by atoms with Crippen molar-refractivity contribution in [3.63, 3.8) is 0 Å². The van der Waals surface area contributed by atoms with E-state index in [-0.39, 0.29) is 11.4 Å². The van der Waals surface area contributed by atoms with E-state index in [1.807, 2.05) is 19.2 Å². The molecule has 20 heavy (non-hydrogen) atoms. The molecule has 0 spiro atoms. The Kier molecular flexibility index (Phi) is 4.70. The number of hydrogen-bond acceptors (Lipinski definition) is 4. The van der Waals surface area contributed by atoms with E-state index >= 15 is 0 Å². The van der Waals surface area contributed by atoms with Crippen molar-refractivity contribution in [2.45, 2.75) is 6.54 Å². The molecule has 0 saturated heterocycles. The maximum atomic E-state index is 11.0. The van der Waals surface area contributed by atoms with Gasteiger partial charge in [-0.2, -0.15) is 0 Å². The third kappa shape index (κ3) is 3.55. The van der Waals surface area contributed by atoms with Crippen LogP contribution in [0.3, 0.4) is 0 Å². The van der Waals surface area contributed by atoms with Gasteiger partial charge in [-0.1, -0.05) is 28.1 Å². The molecule has 5 nitrogen and oxygen atoms in total. The number of benzene rings is 2. The Balaban J connectivity index is 2.23. The molecular weight excluding hydrogens is 324 g/mol. The SMILES string of the molecule is CNCc1ccc(Oc2ccc(Br)cc2[N+](=O)[O-])cc1. The second-order valence-electron chi connectivity index (χ2n) is 4.15. The fraction of sp³-hybridized carbons (Fsp3) is 0.143. The second kappa shape index (κ2) is 6.49. The Morgan fingerprint density at radius 1 is 1.25 bits per heavy atom. The van der Waals surface area contributed by atoms with Crippen LogP contribution in [-0.4, -0.2) is 12.0 Å². The maximum Gasteiger partial charge on any atom is 0.312 e. The number of nitro benzene ring substituents is 1. The molecule has 0 radical (unpaired) electrons. The quantitative estimate of drug-likeness (QED) is 0.664. The molecule has 2 rings (SSSR count). The van der Waals surface area contributed by atoms with Gasteiger partial charge in [0.05, 0.1) is 4.92 Å². The highest BCUT2D eigenvalue weighted by molar-refractivity contribution is 9.10. The van der Waals surface area contributed by atoms with Crippen molar-refractivity contribution >= 4 is 21.6 Å². The fourth-order valence-corrected chi connectivity index (χ4v) is 2.07. The van der Waals surface area contributed by atoms with E-state index < -0.39 is 4.92 Å². The van der Waals surface area contributed by atoms with E-state index in [4.69, 9.17) is 4.74 Å². The molecule has 0 bridgehead atoms. The van der Waals surface area contributed by atoms with Crippen LogP contribution in [0, 0.1) is 10.1 Å². The molecule has 0 aliphatic heterocycles. The first-order valence-corrected chi connectivity index (χ1v) is 6.75. The molecule has 0 aliphatic carbocycles. The summed E-state index contributed by atoms with van der Waals surface area (Å²) < 4.78 is 6.22. The lowest BCUT2D eigenvalue weighted by molar-refractivity contribution is -0.385. The van der Waals surface area contributed by atoms with Gasteiger partial charge in [0, 0.05) is 17.1 Å². The molecular formula is C14H13BrN2O3. The Bertz CT molecular complexity index is 614. The molecule has 104 valence electrons. The third-order valence-corrected chi connectivity index (χ3v) is 3.14. The Morgan fingerprint density at radius 2 is 1.95 bits per heavy atom. The lowest BCUT2D eigenvalue weighted by Gasteiger charge is -2.07. The standard InChI is InChI=1S/C14H13BrN2O3/c1-16-9-10-2-5-12(6-3-10)20-14-7-4-11(15)8-13(14)17(18)19/h2-8,16H,9H2,1H3. The molecule has 0 unspecified atom stereocenters. The van der Waals surface area contributed by atoms with Crippen molar-refractivity contribution in [3.05, 3.63) is 62.6 Å². The largest absolute Gasteiger partial charge is 0.450 e. The topological polar surface area (TPSA) is 64.4 Å². The van der Waals surface area contributed by atoms with Gasteiger partial charge in [-0.25, -0.2) is 0 Å². The first kappa shape index (κ1) is 14.5. The highest BCUT2D eigenvalue weighted by atomic mass is 79.9. The predicted molar refractivity (Wildman–Crippen MR) is 80.1 cm³/mol. The first-order valence-electron chi connectivity index (χ1n) is 5.95. The number of nitrogens with one attached hydrogen (secondary N) is 1. The summed E-state index contributed by atoms with van der Waals surface area (Å²) in [5.41, 5.74) is 1.05. The Labute approximate surface area is 124 Å². The van der Waals surface area contributed by atoms with Crippen molar-refractivity contribution in [2.24, 2.45) is 0 Å². The molecule has 0 aromatic heterocycles. The van der Waals surface area contributed by atoms with Crippen LogP contribution in [0.2, 0.25) is 0 Å². The van der Waals surface area contributed by atoms with Gasteiger partial charge in [0.1, 0.15) is 5.75 Å². The van der Waals surface area contributed by atoms with Crippen molar-refractivity contribution in [1.29, 1.82) is 0 Å². The monoisotopic (exact) mass is 336 g/mol. The molecule has 2 aromatic carbocycles. The van der Waals surface area contributed by atoms with Gasteiger partial charge < -0.3 is 10.1 Å². The van der Waals surface area contributed by atoms with Gasteiger partial charge in [-0.05, 0) is 36.9 Å². The number of nitrogens with zero attached hydrogens (tertiary/aromatic N) is 1. The van der Waals surface area contributed by atoms with Gasteiger partial charge in [0.15, 0.2) is 0 Å². The number of nitro groups is 1. The lowest BCUT2D eigenvalue weighted by Crippen LogP contribution is -2.04. The summed E-state index contributed by atoms with van der Waals surface area (Å²) in [7, 11) is 1.87. The highest BCUT2D eigenvalue weighted by Gasteiger charge is 2.16. The Morgan fingerprint density at radius 3 is 2.55 bits per heavy atom. The summed E-state index contributed by atoms with van der Waals surface area (Å²) in [4.78, 5) is 10.5. The summed E-state index contributed by atoms with van der Waals surface area (Å²) in [5, 5.41) is 14.0. The summed E-state index contributed by atoms with van der Waals surface area (Å²) in [5.74, 6) is 0.787. The minimum atomic E-state index is -0.463. The zero-order valence-corrected chi connectivity index (χ0v) is 12.4. The fourth-order valence-electron chi connectivity index (χ4n) is 1.73. The summed E-state index contributed by atoms with van der Waals surface area (Å²) in [6.07, 6.45) is 0. The molecule has 0 saturated carbocycles.